The number of carbonyl (C=O) groups excluding carboxylic acids is 1. The van der Waals surface area contributed by atoms with Crippen molar-refractivity contribution in [1.82, 2.24) is 0 Å². The van der Waals surface area contributed by atoms with E-state index in [1.54, 1.807) is 18.2 Å². The number of halogens is 2. The molecule has 4 nitrogen and oxygen atoms in total. The van der Waals surface area contributed by atoms with Gasteiger partial charge in [0.2, 0.25) is 5.91 Å². The lowest BCUT2D eigenvalue weighted by molar-refractivity contribution is -0.114. The molecule has 0 radical (unpaired) electrons. The topological polar surface area (TPSA) is 50.4 Å². The molecule has 24 heavy (non-hydrogen) atoms. The van der Waals surface area contributed by atoms with Gasteiger partial charge in [-0.1, -0.05) is 36.2 Å². The van der Waals surface area contributed by atoms with E-state index in [0.717, 1.165) is 17.9 Å². The summed E-state index contributed by atoms with van der Waals surface area (Å²) >= 11 is 11.8. The van der Waals surface area contributed by atoms with Crippen LogP contribution in [0.2, 0.25) is 10.0 Å². The number of nitrogens with one attached hydrogen (secondary N) is 2. The summed E-state index contributed by atoms with van der Waals surface area (Å²) in [6.07, 6.45) is 1.05. The van der Waals surface area contributed by atoms with Crippen molar-refractivity contribution in [2.45, 2.75) is 26.4 Å². The van der Waals surface area contributed by atoms with Gasteiger partial charge in [0.25, 0.3) is 0 Å². The van der Waals surface area contributed by atoms with Gasteiger partial charge in [0, 0.05) is 17.4 Å². The molecule has 0 aliphatic rings. The minimum atomic E-state index is -0.165. The van der Waals surface area contributed by atoms with E-state index in [9.17, 15) is 4.79 Å². The van der Waals surface area contributed by atoms with Gasteiger partial charge in [-0.3, -0.25) is 4.79 Å². The standard InChI is InChI=1S/C18H20Cl2N2O2/c1-3-12(2)24-15-6-4-5-14(9-15)22-18(23)11-21-13-7-8-16(19)17(20)10-13/h4-10,12,21H,3,11H2,1-2H3,(H,22,23). The molecule has 1 atom stereocenters. The van der Waals surface area contributed by atoms with Crippen molar-refractivity contribution in [1.29, 1.82) is 0 Å². The minimum Gasteiger partial charge on any atom is -0.491 e. The molecule has 0 fully saturated rings. The highest BCUT2D eigenvalue weighted by Crippen LogP contribution is 2.25. The van der Waals surface area contributed by atoms with Crippen LogP contribution in [0.3, 0.4) is 0 Å². The van der Waals surface area contributed by atoms with Crippen molar-refractivity contribution in [3.05, 3.63) is 52.5 Å². The van der Waals surface area contributed by atoms with Gasteiger partial charge in [-0.05, 0) is 43.7 Å². The average molecular weight is 367 g/mol. The molecule has 1 amide bonds. The lowest BCUT2D eigenvalue weighted by atomic mass is 10.2. The molecule has 0 heterocycles. The summed E-state index contributed by atoms with van der Waals surface area (Å²) in [7, 11) is 0. The van der Waals surface area contributed by atoms with Crippen LogP contribution in [0.1, 0.15) is 20.3 Å². The van der Waals surface area contributed by atoms with Crippen LogP contribution < -0.4 is 15.4 Å². The van der Waals surface area contributed by atoms with Crippen LogP contribution in [0.25, 0.3) is 0 Å². The summed E-state index contributed by atoms with van der Waals surface area (Å²) < 4.78 is 5.75. The Morgan fingerprint density at radius 1 is 1.12 bits per heavy atom. The van der Waals surface area contributed by atoms with Crippen molar-refractivity contribution in [2.75, 3.05) is 17.2 Å². The molecule has 0 spiro atoms. The first-order valence-electron chi connectivity index (χ1n) is 7.73. The minimum absolute atomic E-state index is 0.119. The lowest BCUT2D eigenvalue weighted by Crippen LogP contribution is -2.21. The zero-order chi connectivity index (χ0) is 17.5. The Balaban J connectivity index is 1.90. The van der Waals surface area contributed by atoms with Gasteiger partial charge in [0.15, 0.2) is 0 Å². The molecule has 0 saturated heterocycles. The summed E-state index contributed by atoms with van der Waals surface area (Å²) in [5, 5.41) is 6.75. The van der Waals surface area contributed by atoms with Crippen LogP contribution in [0.4, 0.5) is 11.4 Å². The number of benzene rings is 2. The van der Waals surface area contributed by atoms with E-state index in [1.165, 1.54) is 0 Å². The zero-order valence-electron chi connectivity index (χ0n) is 13.6. The van der Waals surface area contributed by atoms with Crippen LogP contribution in [0.15, 0.2) is 42.5 Å². The predicted molar refractivity (Wildman–Crippen MR) is 100 cm³/mol. The van der Waals surface area contributed by atoms with Crippen LogP contribution in [0, 0.1) is 0 Å². The number of amides is 1. The Labute approximate surface area is 152 Å². The molecule has 1 unspecified atom stereocenters. The fraction of sp³-hybridized carbons (Fsp3) is 0.278. The van der Waals surface area contributed by atoms with Crippen molar-refractivity contribution in [3.63, 3.8) is 0 Å². The molecule has 0 aliphatic carbocycles. The normalized spacial score (nSPS) is 11.7. The molecule has 2 N–H and O–H groups in total. The van der Waals surface area contributed by atoms with Crippen molar-refractivity contribution in [3.8, 4) is 5.75 Å². The largest absolute Gasteiger partial charge is 0.491 e. The molecule has 2 aromatic carbocycles. The van der Waals surface area contributed by atoms with E-state index in [2.05, 4.69) is 17.6 Å². The second-order valence-electron chi connectivity index (χ2n) is 5.40. The number of hydrogen-bond donors (Lipinski definition) is 2. The molecular weight excluding hydrogens is 347 g/mol. The first-order valence-corrected chi connectivity index (χ1v) is 8.49. The van der Waals surface area contributed by atoms with Crippen LogP contribution in [0.5, 0.6) is 5.75 Å². The van der Waals surface area contributed by atoms with Gasteiger partial charge in [-0.2, -0.15) is 0 Å². The predicted octanol–water partition coefficient (Wildman–Crippen LogP) is 5.22. The maximum absolute atomic E-state index is 12.1. The molecule has 6 heteroatoms. The highest BCUT2D eigenvalue weighted by molar-refractivity contribution is 6.42. The van der Waals surface area contributed by atoms with Gasteiger partial charge in [-0.25, -0.2) is 0 Å². The Hall–Kier alpha value is -1.91. The Bertz CT molecular complexity index is 707. The molecule has 2 aromatic rings. The highest BCUT2D eigenvalue weighted by atomic mass is 35.5. The van der Waals surface area contributed by atoms with Crippen molar-refractivity contribution < 1.29 is 9.53 Å². The van der Waals surface area contributed by atoms with Crippen molar-refractivity contribution in [2.24, 2.45) is 0 Å². The fourth-order valence-electron chi connectivity index (χ4n) is 1.96. The molecule has 128 valence electrons. The Morgan fingerprint density at radius 3 is 2.62 bits per heavy atom. The quantitative estimate of drug-likeness (QED) is 0.705. The summed E-state index contributed by atoms with van der Waals surface area (Å²) in [6.45, 7) is 4.19. The highest BCUT2D eigenvalue weighted by Gasteiger charge is 2.06. The van der Waals surface area contributed by atoms with Gasteiger partial charge in [-0.15, -0.1) is 0 Å². The maximum Gasteiger partial charge on any atom is 0.243 e. The van der Waals surface area contributed by atoms with E-state index in [1.807, 2.05) is 31.2 Å². The van der Waals surface area contributed by atoms with Gasteiger partial charge >= 0.3 is 0 Å². The third-order valence-corrected chi connectivity index (χ3v) is 4.14. The third kappa shape index (κ3) is 5.62. The third-order valence-electron chi connectivity index (χ3n) is 3.40. The molecular formula is C18H20Cl2N2O2. The number of carbonyl (C=O) groups is 1. The monoisotopic (exact) mass is 366 g/mol. The summed E-state index contributed by atoms with van der Waals surface area (Å²) in [4.78, 5) is 12.1. The first-order chi connectivity index (χ1) is 11.5. The second-order valence-corrected chi connectivity index (χ2v) is 6.21. The van der Waals surface area contributed by atoms with Crippen LogP contribution in [-0.4, -0.2) is 18.6 Å². The van der Waals surface area contributed by atoms with Crippen molar-refractivity contribution >= 4 is 40.5 Å². The molecule has 0 bridgehead atoms. The Morgan fingerprint density at radius 2 is 1.92 bits per heavy atom. The first kappa shape index (κ1) is 18.4. The summed E-state index contributed by atoms with van der Waals surface area (Å²) in [6, 6.07) is 12.5. The lowest BCUT2D eigenvalue weighted by Gasteiger charge is -2.14. The second kappa shape index (κ2) is 8.81. The summed E-state index contributed by atoms with van der Waals surface area (Å²) in [5.41, 5.74) is 1.42. The van der Waals surface area contributed by atoms with Gasteiger partial charge in [0.05, 0.1) is 22.7 Å². The van der Waals surface area contributed by atoms with Gasteiger partial charge < -0.3 is 15.4 Å². The Kier molecular flexibility index (Phi) is 6.76. The fourth-order valence-corrected chi connectivity index (χ4v) is 2.25. The number of rotatable bonds is 7. The van der Waals surface area contributed by atoms with Crippen LogP contribution in [-0.2, 0) is 4.79 Å². The van der Waals surface area contributed by atoms with E-state index in [0.29, 0.717) is 15.7 Å². The smallest absolute Gasteiger partial charge is 0.243 e. The molecule has 2 rings (SSSR count). The number of ether oxygens (including phenoxy) is 1. The van der Waals surface area contributed by atoms with Gasteiger partial charge in [0.1, 0.15) is 5.75 Å². The molecule has 0 saturated carbocycles. The maximum atomic E-state index is 12.1. The van der Waals surface area contributed by atoms with Crippen LogP contribution >= 0.6 is 23.2 Å². The van der Waals surface area contributed by atoms with E-state index in [4.69, 9.17) is 27.9 Å². The SMILES string of the molecule is CCC(C)Oc1cccc(NC(=O)CNc2ccc(Cl)c(Cl)c2)c1. The number of hydrogen-bond acceptors (Lipinski definition) is 3. The van der Waals surface area contributed by atoms with E-state index in [-0.39, 0.29) is 18.6 Å². The van der Waals surface area contributed by atoms with E-state index < -0.39 is 0 Å². The van der Waals surface area contributed by atoms with E-state index >= 15 is 0 Å². The summed E-state index contributed by atoms with van der Waals surface area (Å²) in [5.74, 6) is 0.571. The average Bonchev–Trinajstić information content (AvgIpc) is 2.56. The zero-order valence-corrected chi connectivity index (χ0v) is 15.1. The molecule has 0 aliphatic heterocycles. The molecule has 0 aromatic heterocycles. The number of anilines is 2.